The van der Waals surface area contributed by atoms with Crippen molar-refractivity contribution in [3.8, 4) is 5.75 Å². The number of ether oxygens (including phenoxy) is 1. The molecule has 0 N–H and O–H groups in total. The quantitative estimate of drug-likeness (QED) is 0.794. The molecule has 2 rings (SSSR count). The summed E-state index contributed by atoms with van der Waals surface area (Å²) >= 11 is 3.30. The first-order valence-corrected chi connectivity index (χ1v) is 6.47. The van der Waals surface area contributed by atoms with Gasteiger partial charge in [0.05, 0.1) is 18.2 Å². The van der Waals surface area contributed by atoms with Crippen LogP contribution in [-0.4, -0.2) is 12.9 Å². The highest BCUT2D eigenvalue weighted by Gasteiger charge is 2.19. The zero-order valence-electron chi connectivity index (χ0n) is 10.5. The van der Waals surface area contributed by atoms with Crippen LogP contribution in [0.15, 0.2) is 40.9 Å². The SMILES string of the molecule is COc1ccc(Br)cc1C(=O)c1cccc(C)c1F. The molecule has 4 heteroatoms. The molecule has 0 aliphatic heterocycles. The molecule has 0 fully saturated rings. The van der Waals surface area contributed by atoms with Crippen molar-refractivity contribution >= 4 is 21.7 Å². The highest BCUT2D eigenvalue weighted by Crippen LogP contribution is 2.26. The molecule has 0 saturated carbocycles. The van der Waals surface area contributed by atoms with E-state index >= 15 is 0 Å². The number of carbonyl (C=O) groups excluding carboxylic acids is 1. The van der Waals surface area contributed by atoms with Crippen molar-refractivity contribution in [2.75, 3.05) is 7.11 Å². The second-order valence-electron chi connectivity index (χ2n) is 4.11. The van der Waals surface area contributed by atoms with Gasteiger partial charge in [-0.3, -0.25) is 4.79 Å². The monoisotopic (exact) mass is 322 g/mol. The number of rotatable bonds is 3. The maximum Gasteiger partial charge on any atom is 0.199 e. The van der Waals surface area contributed by atoms with Crippen LogP contribution in [0.1, 0.15) is 21.5 Å². The van der Waals surface area contributed by atoms with Crippen LogP contribution in [0.25, 0.3) is 0 Å². The van der Waals surface area contributed by atoms with Crippen molar-refractivity contribution in [1.29, 1.82) is 0 Å². The lowest BCUT2D eigenvalue weighted by atomic mass is 10.00. The number of methoxy groups -OCH3 is 1. The molecule has 0 bridgehead atoms. The first kappa shape index (κ1) is 13.7. The Bertz CT molecular complexity index is 638. The van der Waals surface area contributed by atoms with Gasteiger partial charge in [-0.1, -0.05) is 28.1 Å². The van der Waals surface area contributed by atoms with Crippen LogP contribution in [0.4, 0.5) is 4.39 Å². The van der Waals surface area contributed by atoms with Crippen molar-refractivity contribution in [1.82, 2.24) is 0 Å². The van der Waals surface area contributed by atoms with Crippen molar-refractivity contribution in [2.45, 2.75) is 6.92 Å². The third-order valence-corrected chi connectivity index (χ3v) is 3.34. The molecule has 2 nitrogen and oxygen atoms in total. The molecular weight excluding hydrogens is 311 g/mol. The summed E-state index contributed by atoms with van der Waals surface area (Å²) in [7, 11) is 1.48. The molecule has 0 aromatic heterocycles. The normalized spacial score (nSPS) is 10.3. The molecular formula is C15H12BrFO2. The molecule has 0 heterocycles. The fourth-order valence-corrected chi connectivity index (χ4v) is 2.19. The average molecular weight is 323 g/mol. The number of carbonyl (C=O) groups is 1. The highest BCUT2D eigenvalue weighted by molar-refractivity contribution is 9.10. The summed E-state index contributed by atoms with van der Waals surface area (Å²) in [5, 5.41) is 0. The summed E-state index contributed by atoms with van der Waals surface area (Å²) in [6.07, 6.45) is 0. The van der Waals surface area contributed by atoms with Gasteiger partial charge < -0.3 is 4.74 Å². The minimum Gasteiger partial charge on any atom is -0.496 e. The fraction of sp³-hybridized carbons (Fsp3) is 0.133. The van der Waals surface area contributed by atoms with Crippen molar-refractivity contribution in [3.05, 3.63) is 63.4 Å². The van der Waals surface area contributed by atoms with Crippen LogP contribution >= 0.6 is 15.9 Å². The number of aryl methyl sites for hydroxylation is 1. The van der Waals surface area contributed by atoms with Gasteiger partial charge in [0.1, 0.15) is 11.6 Å². The maximum absolute atomic E-state index is 14.0. The Hall–Kier alpha value is -1.68. The van der Waals surface area contributed by atoms with E-state index in [0.717, 1.165) is 4.47 Å². The van der Waals surface area contributed by atoms with E-state index in [4.69, 9.17) is 4.74 Å². The molecule has 0 radical (unpaired) electrons. The summed E-state index contributed by atoms with van der Waals surface area (Å²) in [6, 6.07) is 9.83. The van der Waals surface area contributed by atoms with E-state index in [1.807, 2.05) is 0 Å². The van der Waals surface area contributed by atoms with Crippen LogP contribution in [0.3, 0.4) is 0 Å². The van der Waals surface area contributed by atoms with Crippen LogP contribution in [0.2, 0.25) is 0 Å². The predicted octanol–water partition coefficient (Wildman–Crippen LogP) is 4.14. The van der Waals surface area contributed by atoms with E-state index in [0.29, 0.717) is 16.9 Å². The predicted molar refractivity (Wildman–Crippen MR) is 75.3 cm³/mol. The van der Waals surface area contributed by atoms with Crippen LogP contribution < -0.4 is 4.74 Å². The maximum atomic E-state index is 14.0. The molecule has 0 spiro atoms. The van der Waals surface area contributed by atoms with Gasteiger partial charge in [0.15, 0.2) is 5.78 Å². The Morgan fingerprint density at radius 3 is 2.63 bits per heavy atom. The van der Waals surface area contributed by atoms with Gasteiger partial charge in [0.25, 0.3) is 0 Å². The van der Waals surface area contributed by atoms with Gasteiger partial charge in [-0.25, -0.2) is 4.39 Å². The molecule has 0 aliphatic rings. The van der Waals surface area contributed by atoms with Gasteiger partial charge in [0.2, 0.25) is 0 Å². The molecule has 0 aliphatic carbocycles. The molecule has 0 amide bonds. The van der Waals surface area contributed by atoms with Gasteiger partial charge in [-0.2, -0.15) is 0 Å². The molecule has 98 valence electrons. The van der Waals surface area contributed by atoms with Gasteiger partial charge >= 0.3 is 0 Å². The molecule has 19 heavy (non-hydrogen) atoms. The molecule has 2 aromatic rings. The van der Waals surface area contributed by atoms with E-state index in [-0.39, 0.29) is 11.3 Å². The number of benzene rings is 2. The summed E-state index contributed by atoms with van der Waals surface area (Å²) in [4.78, 5) is 12.4. The smallest absolute Gasteiger partial charge is 0.199 e. The van der Waals surface area contributed by atoms with E-state index in [9.17, 15) is 9.18 Å². The summed E-state index contributed by atoms with van der Waals surface area (Å²) in [5.41, 5.74) is 0.831. The largest absolute Gasteiger partial charge is 0.496 e. The Labute approximate surface area is 119 Å². The molecule has 0 saturated heterocycles. The van der Waals surface area contributed by atoms with Gasteiger partial charge in [-0.05, 0) is 36.8 Å². The number of hydrogen-bond acceptors (Lipinski definition) is 2. The van der Waals surface area contributed by atoms with Gasteiger partial charge in [0, 0.05) is 4.47 Å². The van der Waals surface area contributed by atoms with Crippen molar-refractivity contribution in [3.63, 3.8) is 0 Å². The third-order valence-electron chi connectivity index (χ3n) is 2.84. The average Bonchev–Trinajstić information content (AvgIpc) is 2.41. The summed E-state index contributed by atoms with van der Waals surface area (Å²) in [6.45, 7) is 1.63. The van der Waals surface area contributed by atoms with E-state index in [1.54, 1.807) is 37.3 Å². The van der Waals surface area contributed by atoms with Crippen molar-refractivity contribution in [2.24, 2.45) is 0 Å². The first-order valence-electron chi connectivity index (χ1n) is 5.68. The fourth-order valence-electron chi connectivity index (χ4n) is 1.83. The summed E-state index contributed by atoms with van der Waals surface area (Å²) in [5.74, 6) is -0.456. The number of hydrogen-bond donors (Lipinski definition) is 0. The van der Waals surface area contributed by atoms with Gasteiger partial charge in [-0.15, -0.1) is 0 Å². The standard InChI is InChI=1S/C15H12BrFO2/c1-9-4-3-5-11(14(9)17)15(18)12-8-10(16)6-7-13(12)19-2/h3-8H,1-2H3. The van der Waals surface area contributed by atoms with E-state index in [2.05, 4.69) is 15.9 Å². The topological polar surface area (TPSA) is 26.3 Å². The zero-order chi connectivity index (χ0) is 14.0. The van der Waals surface area contributed by atoms with Crippen LogP contribution in [-0.2, 0) is 0 Å². The third kappa shape index (κ3) is 2.68. The lowest BCUT2D eigenvalue weighted by Crippen LogP contribution is -2.07. The zero-order valence-corrected chi connectivity index (χ0v) is 12.1. The lowest BCUT2D eigenvalue weighted by molar-refractivity contribution is 0.103. The first-order chi connectivity index (χ1) is 9.04. The Kier molecular flexibility index (Phi) is 4.00. The second kappa shape index (κ2) is 5.53. The van der Waals surface area contributed by atoms with E-state index in [1.165, 1.54) is 13.2 Å². The number of halogens is 2. The minimum atomic E-state index is -0.491. The van der Waals surface area contributed by atoms with Crippen molar-refractivity contribution < 1.29 is 13.9 Å². The second-order valence-corrected chi connectivity index (χ2v) is 5.03. The molecule has 0 unspecified atom stereocenters. The van der Waals surface area contributed by atoms with Crippen LogP contribution in [0, 0.1) is 12.7 Å². The Morgan fingerprint density at radius 1 is 1.21 bits per heavy atom. The van der Waals surface area contributed by atoms with E-state index < -0.39 is 5.82 Å². The summed E-state index contributed by atoms with van der Waals surface area (Å²) < 4.78 is 19.9. The Balaban J connectivity index is 2.56. The van der Waals surface area contributed by atoms with Crippen LogP contribution in [0.5, 0.6) is 5.75 Å². The highest BCUT2D eigenvalue weighted by atomic mass is 79.9. The minimum absolute atomic E-state index is 0.0522. The molecule has 0 atom stereocenters. The lowest BCUT2D eigenvalue weighted by Gasteiger charge is -2.09. The molecule has 2 aromatic carbocycles. The number of ketones is 1. The Morgan fingerprint density at radius 2 is 1.95 bits per heavy atom.